The second-order valence-corrected chi connectivity index (χ2v) is 5.88. The van der Waals surface area contributed by atoms with Crippen LogP contribution >= 0.6 is 0 Å². The van der Waals surface area contributed by atoms with Gasteiger partial charge in [0.25, 0.3) is 10.1 Å². The summed E-state index contributed by atoms with van der Waals surface area (Å²) < 4.78 is 29.6. The third kappa shape index (κ3) is 11.9. The van der Waals surface area contributed by atoms with Crippen LogP contribution in [0.4, 0.5) is 0 Å². The molecule has 0 unspecified atom stereocenters. The summed E-state index contributed by atoms with van der Waals surface area (Å²) in [6.07, 6.45) is 0. The van der Waals surface area contributed by atoms with Crippen molar-refractivity contribution in [2.24, 2.45) is 0 Å². The predicted molar refractivity (Wildman–Crippen MR) is 63.0 cm³/mol. The average Bonchev–Trinajstić information content (AvgIpc) is 1.99. The maximum atomic E-state index is 10.5. The van der Waals surface area contributed by atoms with Crippen LogP contribution in [-0.4, -0.2) is 23.7 Å². The van der Waals surface area contributed by atoms with Crippen LogP contribution in [0.5, 0.6) is 0 Å². The van der Waals surface area contributed by atoms with Crippen LogP contribution in [0.3, 0.4) is 0 Å². The predicted octanol–water partition coefficient (Wildman–Crippen LogP) is 2.02. The Balaban J connectivity index is 0. The summed E-state index contributed by atoms with van der Waals surface area (Å²) in [4.78, 5) is -0.0666. The molecule has 17 heavy (non-hydrogen) atoms. The van der Waals surface area contributed by atoms with Gasteiger partial charge in [-0.3, -0.25) is 4.55 Å². The van der Waals surface area contributed by atoms with E-state index in [0.717, 1.165) is 5.56 Å². The van der Waals surface area contributed by atoms with Crippen molar-refractivity contribution in [1.82, 2.24) is 0 Å². The van der Waals surface area contributed by atoms with Crippen molar-refractivity contribution < 1.29 is 35.1 Å². The van der Waals surface area contributed by atoms with E-state index >= 15 is 0 Å². The fraction of sp³-hybridized carbons (Fsp3) is 0.455. The Labute approximate surface area is 113 Å². The summed E-state index contributed by atoms with van der Waals surface area (Å²) >= 11 is 0. The van der Waals surface area contributed by atoms with Gasteiger partial charge < -0.3 is 5.11 Å². The van der Waals surface area contributed by atoms with Crippen LogP contribution in [0.1, 0.15) is 26.3 Å². The summed E-state index contributed by atoms with van der Waals surface area (Å²) in [7, 11) is -4.02. The Morgan fingerprint density at radius 3 is 1.59 bits per heavy atom. The number of benzene rings is 1. The summed E-state index contributed by atoms with van der Waals surface area (Å²) in [5, 5.41) is 8.52. The van der Waals surface area contributed by atoms with E-state index in [9.17, 15) is 8.42 Å². The number of hydrogen-bond donors (Lipinski definition) is 2. The third-order valence-electron chi connectivity index (χ3n) is 1.32. The molecule has 0 bridgehead atoms. The molecule has 0 radical (unpaired) electrons. The molecule has 0 aliphatic rings. The van der Waals surface area contributed by atoms with Gasteiger partial charge in [0.2, 0.25) is 0 Å². The normalized spacial score (nSPS) is 10.9. The van der Waals surface area contributed by atoms with Crippen LogP contribution in [0.2, 0.25) is 0 Å². The fourth-order valence-electron chi connectivity index (χ4n) is 0.710. The minimum atomic E-state index is -4.02. The molecule has 0 saturated carbocycles. The van der Waals surface area contributed by atoms with E-state index in [-0.39, 0.29) is 22.0 Å². The molecule has 0 spiro atoms. The second-order valence-electron chi connectivity index (χ2n) is 4.46. The molecule has 0 aromatic heterocycles. The third-order valence-corrected chi connectivity index (χ3v) is 2.19. The molecule has 1 aromatic rings. The SMILES string of the molecule is CC(C)(C)O.Cc1ccc(S(=O)(=O)O)cc1.[Fe]. The largest absolute Gasteiger partial charge is 0.391 e. The molecular formula is C11H18FeO4S. The first-order chi connectivity index (χ1) is 7.00. The van der Waals surface area contributed by atoms with E-state index in [4.69, 9.17) is 9.66 Å². The molecule has 100 valence electrons. The Hall–Kier alpha value is -0.391. The maximum Gasteiger partial charge on any atom is 0.294 e. The van der Waals surface area contributed by atoms with Crippen LogP contribution in [0.15, 0.2) is 29.2 Å². The zero-order chi connectivity index (χ0) is 13.0. The first-order valence-electron chi connectivity index (χ1n) is 4.77. The quantitative estimate of drug-likeness (QED) is 0.615. The van der Waals surface area contributed by atoms with Crippen molar-refractivity contribution in [2.45, 2.75) is 38.2 Å². The average molecular weight is 302 g/mol. The molecule has 0 aliphatic heterocycles. The molecule has 6 heteroatoms. The molecule has 0 saturated heterocycles. The van der Waals surface area contributed by atoms with Gasteiger partial charge in [0.05, 0.1) is 10.5 Å². The Kier molecular flexibility index (Phi) is 7.96. The Bertz CT molecular complexity index is 412. The Morgan fingerprint density at radius 1 is 1.06 bits per heavy atom. The molecule has 0 aliphatic carbocycles. The minimum absolute atomic E-state index is 0. The molecule has 2 N–H and O–H groups in total. The molecule has 0 heterocycles. The first-order valence-corrected chi connectivity index (χ1v) is 6.21. The van der Waals surface area contributed by atoms with Crippen LogP contribution in [-0.2, 0) is 27.2 Å². The Morgan fingerprint density at radius 2 is 1.35 bits per heavy atom. The van der Waals surface area contributed by atoms with Crippen molar-refractivity contribution >= 4 is 10.1 Å². The smallest absolute Gasteiger partial charge is 0.294 e. The van der Waals surface area contributed by atoms with Crippen molar-refractivity contribution in [3.8, 4) is 0 Å². The van der Waals surface area contributed by atoms with E-state index in [1.54, 1.807) is 32.9 Å². The topological polar surface area (TPSA) is 74.6 Å². The van der Waals surface area contributed by atoms with Gasteiger partial charge in [0.15, 0.2) is 0 Å². The summed E-state index contributed by atoms with van der Waals surface area (Å²) in [6.45, 7) is 7.07. The number of aryl methyl sites for hydroxylation is 1. The first kappa shape index (κ1) is 19.0. The molecular weight excluding hydrogens is 284 g/mol. The van der Waals surface area contributed by atoms with Crippen molar-refractivity contribution in [3.05, 3.63) is 29.8 Å². The van der Waals surface area contributed by atoms with E-state index in [1.165, 1.54) is 12.1 Å². The maximum absolute atomic E-state index is 10.5. The molecule has 0 atom stereocenters. The van der Waals surface area contributed by atoms with Crippen molar-refractivity contribution in [2.75, 3.05) is 0 Å². The van der Waals surface area contributed by atoms with E-state index in [2.05, 4.69) is 0 Å². The van der Waals surface area contributed by atoms with Gasteiger partial charge in [-0.15, -0.1) is 0 Å². The monoisotopic (exact) mass is 302 g/mol. The van der Waals surface area contributed by atoms with Gasteiger partial charge in [-0.2, -0.15) is 8.42 Å². The molecule has 4 nitrogen and oxygen atoms in total. The number of rotatable bonds is 1. The summed E-state index contributed by atoms with van der Waals surface area (Å²) in [5.74, 6) is 0. The zero-order valence-electron chi connectivity index (χ0n) is 10.3. The minimum Gasteiger partial charge on any atom is -0.391 e. The van der Waals surface area contributed by atoms with Gasteiger partial charge in [-0.05, 0) is 39.8 Å². The van der Waals surface area contributed by atoms with Crippen LogP contribution < -0.4 is 0 Å². The van der Waals surface area contributed by atoms with E-state index < -0.39 is 15.7 Å². The molecule has 0 amide bonds. The summed E-state index contributed by atoms with van der Waals surface area (Å²) in [5.41, 5.74) is 0.456. The van der Waals surface area contributed by atoms with Gasteiger partial charge in [0, 0.05) is 17.1 Å². The van der Waals surface area contributed by atoms with Gasteiger partial charge in [-0.25, -0.2) is 0 Å². The van der Waals surface area contributed by atoms with E-state index in [0.29, 0.717) is 0 Å². The molecule has 0 fully saturated rings. The zero-order valence-corrected chi connectivity index (χ0v) is 12.2. The standard InChI is InChI=1S/C7H8O3S.C4H10O.Fe/c1-6-2-4-7(5-3-6)11(8,9)10;1-4(2,3)5;/h2-5H,1H3,(H,8,9,10);5H,1-3H3;. The van der Waals surface area contributed by atoms with E-state index in [1.807, 2.05) is 6.92 Å². The van der Waals surface area contributed by atoms with Gasteiger partial charge in [0.1, 0.15) is 0 Å². The molecule has 1 rings (SSSR count). The number of aliphatic hydroxyl groups is 1. The van der Waals surface area contributed by atoms with Crippen molar-refractivity contribution in [1.29, 1.82) is 0 Å². The molecule has 1 aromatic carbocycles. The van der Waals surface area contributed by atoms with Crippen LogP contribution in [0, 0.1) is 6.92 Å². The fourth-order valence-corrected chi connectivity index (χ4v) is 1.19. The van der Waals surface area contributed by atoms with Crippen LogP contribution in [0.25, 0.3) is 0 Å². The van der Waals surface area contributed by atoms with Crippen molar-refractivity contribution in [3.63, 3.8) is 0 Å². The second kappa shape index (κ2) is 7.13. The summed E-state index contributed by atoms with van der Waals surface area (Å²) in [6, 6.07) is 5.99. The van der Waals surface area contributed by atoms with Gasteiger partial charge >= 0.3 is 0 Å². The number of hydrogen-bond acceptors (Lipinski definition) is 3. The van der Waals surface area contributed by atoms with Gasteiger partial charge in [-0.1, -0.05) is 17.7 Å².